The quantitative estimate of drug-likeness (QED) is 0.227. The second kappa shape index (κ2) is 13.2. The van der Waals surface area contributed by atoms with E-state index in [1.807, 2.05) is 0 Å². The number of para-hydroxylation sites is 1. The van der Waals surface area contributed by atoms with Crippen molar-refractivity contribution in [1.82, 2.24) is 29.7 Å². The normalized spacial score (nSPS) is 13.8. The molecule has 230 valence electrons. The van der Waals surface area contributed by atoms with Gasteiger partial charge in [0, 0.05) is 32.5 Å². The lowest BCUT2D eigenvalue weighted by molar-refractivity contribution is -0.0500. The standard InChI is InChI=1S/C26H28F3N7O6S/c1-14-12-30-23(31-13-14)22(40-5)15(2)43(37,38)35-26-34-33-24(17-8-6-11-20(32-17)39-4)36(26)21-18(41-16(3)27)9-7-10-19(21)42-25(28)29/h6-13,15-16,22,25H,1-5H3,(H,34,35)/t15-,16?,22-/m0/s1. The van der Waals surface area contributed by atoms with Crippen LogP contribution in [0.2, 0.25) is 0 Å². The molecule has 0 saturated carbocycles. The number of sulfonamides is 1. The van der Waals surface area contributed by atoms with Gasteiger partial charge in [-0.1, -0.05) is 12.1 Å². The number of hydrogen-bond acceptors (Lipinski definition) is 11. The first-order valence-electron chi connectivity index (χ1n) is 12.6. The van der Waals surface area contributed by atoms with Crippen LogP contribution in [0.1, 0.15) is 31.3 Å². The summed E-state index contributed by atoms with van der Waals surface area (Å²) in [4.78, 5) is 12.6. The maximum absolute atomic E-state index is 14.1. The molecule has 3 atom stereocenters. The van der Waals surface area contributed by atoms with Crippen LogP contribution in [-0.2, 0) is 14.8 Å². The number of benzene rings is 1. The predicted molar refractivity (Wildman–Crippen MR) is 147 cm³/mol. The summed E-state index contributed by atoms with van der Waals surface area (Å²) in [6.07, 6.45) is 0.0130. The summed E-state index contributed by atoms with van der Waals surface area (Å²) in [5, 5.41) is 6.75. The molecule has 1 N–H and O–H groups in total. The van der Waals surface area contributed by atoms with Gasteiger partial charge in [0.1, 0.15) is 22.7 Å². The van der Waals surface area contributed by atoms with Gasteiger partial charge in [0.2, 0.25) is 28.2 Å². The van der Waals surface area contributed by atoms with Crippen molar-refractivity contribution in [1.29, 1.82) is 0 Å². The lowest BCUT2D eigenvalue weighted by Gasteiger charge is -2.23. The Morgan fingerprint density at radius 2 is 1.58 bits per heavy atom. The van der Waals surface area contributed by atoms with Crippen molar-refractivity contribution in [3.05, 3.63) is 60.2 Å². The number of nitrogens with zero attached hydrogens (tertiary/aromatic N) is 6. The van der Waals surface area contributed by atoms with Crippen LogP contribution < -0.4 is 18.9 Å². The van der Waals surface area contributed by atoms with Gasteiger partial charge in [-0.05, 0) is 37.6 Å². The van der Waals surface area contributed by atoms with Gasteiger partial charge in [-0.3, -0.25) is 9.29 Å². The minimum absolute atomic E-state index is 0.0965. The zero-order chi connectivity index (χ0) is 31.3. The third-order valence-corrected chi connectivity index (χ3v) is 7.67. The van der Waals surface area contributed by atoms with E-state index in [1.54, 1.807) is 19.1 Å². The Bertz CT molecular complexity index is 1630. The lowest BCUT2D eigenvalue weighted by Crippen LogP contribution is -2.33. The molecule has 4 aromatic rings. The summed E-state index contributed by atoms with van der Waals surface area (Å²) in [5.74, 6) is -1.13. The predicted octanol–water partition coefficient (Wildman–Crippen LogP) is 4.25. The van der Waals surface area contributed by atoms with E-state index in [0.29, 0.717) is 0 Å². The number of halogens is 3. The van der Waals surface area contributed by atoms with Crippen molar-refractivity contribution in [2.24, 2.45) is 0 Å². The number of ether oxygens (including phenoxy) is 4. The molecular formula is C26H28F3N7O6S. The molecule has 0 saturated heterocycles. The monoisotopic (exact) mass is 623 g/mol. The summed E-state index contributed by atoms with van der Waals surface area (Å²) in [5.41, 5.74) is 0.524. The molecule has 0 aliphatic rings. The van der Waals surface area contributed by atoms with Crippen molar-refractivity contribution in [3.8, 4) is 34.6 Å². The van der Waals surface area contributed by atoms with E-state index in [9.17, 15) is 21.6 Å². The largest absolute Gasteiger partial charge is 0.481 e. The highest BCUT2D eigenvalue weighted by molar-refractivity contribution is 7.93. The number of rotatable bonds is 13. The molecule has 43 heavy (non-hydrogen) atoms. The van der Waals surface area contributed by atoms with Crippen LogP contribution in [0, 0.1) is 6.92 Å². The minimum atomic E-state index is -4.39. The van der Waals surface area contributed by atoms with Crippen LogP contribution in [0.3, 0.4) is 0 Å². The van der Waals surface area contributed by atoms with Gasteiger partial charge >= 0.3 is 6.61 Å². The first kappa shape index (κ1) is 31.4. The molecule has 0 bridgehead atoms. The van der Waals surface area contributed by atoms with Crippen molar-refractivity contribution < 1.29 is 40.5 Å². The number of hydrogen-bond donors (Lipinski definition) is 1. The Morgan fingerprint density at radius 1 is 0.930 bits per heavy atom. The van der Waals surface area contributed by atoms with Crippen LogP contribution in [0.25, 0.3) is 17.2 Å². The number of aromatic nitrogens is 6. The molecule has 1 unspecified atom stereocenters. The Morgan fingerprint density at radius 3 is 2.19 bits per heavy atom. The zero-order valence-electron chi connectivity index (χ0n) is 23.6. The molecule has 17 heteroatoms. The van der Waals surface area contributed by atoms with E-state index in [-0.39, 0.29) is 34.7 Å². The lowest BCUT2D eigenvalue weighted by atomic mass is 10.2. The smallest absolute Gasteiger partial charge is 0.387 e. The number of pyridine rings is 1. The Kier molecular flexibility index (Phi) is 9.65. The Balaban J connectivity index is 1.90. The van der Waals surface area contributed by atoms with E-state index in [2.05, 4.69) is 29.9 Å². The SMILES string of the molecule is COc1cccc(-c2nnc(NS(=O)(=O)[C@@H](C)[C@H](OC)c3ncc(C)cn3)n2-c2c(OC(C)F)cccc2OC(F)F)n1. The minimum Gasteiger partial charge on any atom is -0.481 e. The van der Waals surface area contributed by atoms with E-state index in [0.717, 1.165) is 23.1 Å². The summed E-state index contributed by atoms with van der Waals surface area (Å²) >= 11 is 0. The first-order chi connectivity index (χ1) is 20.4. The van der Waals surface area contributed by atoms with E-state index in [4.69, 9.17) is 18.9 Å². The zero-order valence-corrected chi connectivity index (χ0v) is 24.4. The fraction of sp³-hybridized carbons (Fsp3) is 0.346. The molecule has 1 aromatic carbocycles. The van der Waals surface area contributed by atoms with Gasteiger partial charge in [-0.25, -0.2) is 27.8 Å². The molecule has 0 fully saturated rings. The Hall–Kier alpha value is -4.51. The van der Waals surface area contributed by atoms with Crippen molar-refractivity contribution in [2.75, 3.05) is 18.9 Å². The maximum Gasteiger partial charge on any atom is 0.387 e. The van der Waals surface area contributed by atoms with Crippen LogP contribution in [0.4, 0.5) is 19.1 Å². The van der Waals surface area contributed by atoms with Gasteiger partial charge < -0.3 is 18.9 Å². The topological polar surface area (TPSA) is 152 Å². The average Bonchev–Trinajstić information content (AvgIpc) is 3.36. The highest BCUT2D eigenvalue weighted by Crippen LogP contribution is 2.39. The van der Waals surface area contributed by atoms with E-state index < -0.39 is 46.0 Å². The van der Waals surface area contributed by atoms with Crippen molar-refractivity contribution in [2.45, 2.75) is 45.1 Å². The summed E-state index contributed by atoms with van der Waals surface area (Å²) < 4.78 is 92.4. The van der Waals surface area contributed by atoms with Crippen LogP contribution in [0.15, 0.2) is 48.8 Å². The third-order valence-electron chi connectivity index (χ3n) is 5.97. The number of methoxy groups -OCH3 is 2. The molecule has 0 amide bonds. The van der Waals surface area contributed by atoms with Gasteiger partial charge in [0.15, 0.2) is 23.1 Å². The molecule has 13 nitrogen and oxygen atoms in total. The van der Waals surface area contributed by atoms with E-state index >= 15 is 0 Å². The van der Waals surface area contributed by atoms with Crippen molar-refractivity contribution in [3.63, 3.8) is 0 Å². The van der Waals surface area contributed by atoms with Gasteiger partial charge in [0.25, 0.3) is 0 Å². The first-order valence-corrected chi connectivity index (χ1v) is 14.2. The van der Waals surface area contributed by atoms with Crippen LogP contribution >= 0.6 is 0 Å². The molecule has 0 aliphatic carbocycles. The molecule has 3 heterocycles. The molecule has 0 spiro atoms. The molecule has 0 aliphatic heterocycles. The highest BCUT2D eigenvalue weighted by Gasteiger charge is 2.35. The summed E-state index contributed by atoms with van der Waals surface area (Å²) in [7, 11) is -1.72. The highest BCUT2D eigenvalue weighted by atomic mass is 32.2. The van der Waals surface area contributed by atoms with Gasteiger partial charge in [0.05, 0.1) is 7.11 Å². The van der Waals surface area contributed by atoms with E-state index in [1.165, 1.54) is 51.7 Å². The number of alkyl halides is 3. The van der Waals surface area contributed by atoms with Gasteiger partial charge in [-0.15, -0.1) is 10.2 Å². The molecule has 3 aromatic heterocycles. The molecule has 0 radical (unpaired) electrons. The third kappa shape index (κ3) is 7.11. The fourth-order valence-corrected chi connectivity index (χ4v) is 5.13. The second-order valence-corrected chi connectivity index (χ2v) is 11.1. The molecule has 4 rings (SSSR count). The molecular weight excluding hydrogens is 595 g/mol. The maximum atomic E-state index is 14.1. The fourth-order valence-electron chi connectivity index (χ4n) is 4.00. The number of anilines is 1. The Labute approximate surface area is 245 Å². The van der Waals surface area contributed by atoms with Crippen LogP contribution in [-0.4, -0.2) is 70.6 Å². The number of nitrogens with one attached hydrogen (secondary N) is 1. The van der Waals surface area contributed by atoms with Crippen LogP contribution in [0.5, 0.6) is 17.4 Å². The van der Waals surface area contributed by atoms with Gasteiger partial charge in [-0.2, -0.15) is 8.78 Å². The summed E-state index contributed by atoms with van der Waals surface area (Å²) in [6.45, 7) is 0.901. The summed E-state index contributed by atoms with van der Waals surface area (Å²) in [6, 6.07) is 8.35. The second-order valence-electron chi connectivity index (χ2n) is 9.02. The average molecular weight is 624 g/mol. The van der Waals surface area contributed by atoms with Crippen molar-refractivity contribution >= 4 is 16.0 Å². The number of aryl methyl sites for hydroxylation is 1.